The third kappa shape index (κ3) is 2.28. The normalized spacial score (nSPS) is 40.7. The predicted molar refractivity (Wildman–Crippen MR) is 65.3 cm³/mol. The number of rotatable bonds is 4. The first-order valence-electron chi connectivity index (χ1n) is 6.96. The van der Waals surface area contributed by atoms with E-state index in [1.54, 1.807) is 0 Å². The molecule has 2 fully saturated rings. The molecule has 0 aromatic rings. The Morgan fingerprint density at radius 2 is 1.94 bits per heavy atom. The summed E-state index contributed by atoms with van der Waals surface area (Å²) >= 11 is 0. The fraction of sp³-hybridized carbons (Fsp3) is 1.00. The van der Waals surface area contributed by atoms with Gasteiger partial charge in [0.2, 0.25) is 0 Å². The van der Waals surface area contributed by atoms with Crippen molar-refractivity contribution in [1.82, 2.24) is 0 Å². The van der Waals surface area contributed by atoms with Crippen LogP contribution < -0.4 is 0 Å². The molecule has 2 heteroatoms. The first-order chi connectivity index (χ1) is 7.66. The number of hydrogen-bond acceptors (Lipinski definition) is 2. The second kappa shape index (κ2) is 5.05. The second-order valence-corrected chi connectivity index (χ2v) is 5.94. The molecular formula is C14H26O2. The molecule has 3 atom stereocenters. The van der Waals surface area contributed by atoms with Crippen molar-refractivity contribution in [1.29, 1.82) is 0 Å². The minimum atomic E-state index is -0.145. The summed E-state index contributed by atoms with van der Waals surface area (Å²) in [5.74, 6) is 0.785. The average Bonchev–Trinajstić information content (AvgIpc) is 2.34. The van der Waals surface area contributed by atoms with Gasteiger partial charge in [-0.1, -0.05) is 33.1 Å². The highest BCUT2D eigenvalue weighted by Crippen LogP contribution is 2.46. The van der Waals surface area contributed by atoms with E-state index in [0.717, 1.165) is 25.4 Å². The van der Waals surface area contributed by atoms with Crippen LogP contribution in [0.25, 0.3) is 0 Å². The van der Waals surface area contributed by atoms with Crippen LogP contribution in [0.3, 0.4) is 0 Å². The first kappa shape index (κ1) is 12.4. The van der Waals surface area contributed by atoms with Crippen molar-refractivity contribution in [2.24, 2.45) is 11.3 Å². The molecule has 0 aromatic carbocycles. The van der Waals surface area contributed by atoms with Gasteiger partial charge < -0.3 is 9.84 Å². The lowest BCUT2D eigenvalue weighted by Gasteiger charge is -2.51. The lowest BCUT2D eigenvalue weighted by molar-refractivity contribution is -0.190. The van der Waals surface area contributed by atoms with Crippen molar-refractivity contribution >= 4 is 0 Å². The Morgan fingerprint density at radius 1 is 1.25 bits per heavy atom. The molecule has 1 N–H and O–H groups in total. The van der Waals surface area contributed by atoms with Crippen LogP contribution in [-0.4, -0.2) is 23.9 Å². The molecule has 0 aromatic heterocycles. The summed E-state index contributed by atoms with van der Waals surface area (Å²) < 4.78 is 6.03. The Morgan fingerprint density at radius 3 is 2.50 bits per heavy atom. The summed E-state index contributed by atoms with van der Waals surface area (Å²) in [4.78, 5) is 0. The lowest BCUT2D eigenvalue weighted by atomic mass is 9.63. The van der Waals surface area contributed by atoms with Gasteiger partial charge in [-0.25, -0.2) is 0 Å². The Kier molecular flexibility index (Phi) is 3.91. The monoisotopic (exact) mass is 226 g/mol. The third-order valence-electron chi connectivity index (χ3n) is 4.95. The Balaban J connectivity index is 1.74. The maximum absolute atomic E-state index is 9.79. The summed E-state index contributed by atoms with van der Waals surface area (Å²) in [6, 6.07) is 0. The summed E-state index contributed by atoms with van der Waals surface area (Å²) in [7, 11) is 0. The zero-order chi connectivity index (χ0) is 11.6. The van der Waals surface area contributed by atoms with Crippen molar-refractivity contribution in [3.63, 3.8) is 0 Å². The van der Waals surface area contributed by atoms with Crippen molar-refractivity contribution in [2.75, 3.05) is 6.61 Å². The summed E-state index contributed by atoms with van der Waals surface area (Å²) in [5.41, 5.74) is 0.0225. The topological polar surface area (TPSA) is 29.5 Å². The van der Waals surface area contributed by atoms with Crippen LogP contribution in [0.4, 0.5) is 0 Å². The molecule has 94 valence electrons. The zero-order valence-corrected chi connectivity index (χ0v) is 10.7. The molecule has 2 saturated carbocycles. The van der Waals surface area contributed by atoms with Gasteiger partial charge in [0.05, 0.1) is 12.2 Å². The summed E-state index contributed by atoms with van der Waals surface area (Å²) in [6.45, 7) is 5.24. The smallest absolute Gasteiger partial charge is 0.0678 e. The highest BCUT2D eigenvalue weighted by atomic mass is 16.5. The molecule has 0 heterocycles. The highest BCUT2D eigenvalue weighted by molar-refractivity contribution is 5.00. The van der Waals surface area contributed by atoms with Crippen LogP contribution in [0.1, 0.15) is 58.8 Å². The molecule has 2 aliphatic rings. The maximum atomic E-state index is 9.79. The predicted octanol–water partition coefficient (Wildman–Crippen LogP) is 3.13. The van der Waals surface area contributed by atoms with Crippen molar-refractivity contribution in [3.05, 3.63) is 0 Å². The Bertz CT molecular complexity index is 223. The zero-order valence-electron chi connectivity index (χ0n) is 10.7. The van der Waals surface area contributed by atoms with Gasteiger partial charge >= 0.3 is 0 Å². The number of aliphatic hydroxyl groups is 1. The average molecular weight is 226 g/mol. The number of ether oxygens (including phenoxy) is 1. The van der Waals surface area contributed by atoms with E-state index in [9.17, 15) is 5.11 Å². The van der Waals surface area contributed by atoms with E-state index in [1.807, 2.05) is 0 Å². The van der Waals surface area contributed by atoms with Gasteiger partial charge in [0.1, 0.15) is 0 Å². The van der Waals surface area contributed by atoms with E-state index in [-0.39, 0.29) is 11.5 Å². The van der Waals surface area contributed by atoms with Crippen LogP contribution in [0.5, 0.6) is 0 Å². The van der Waals surface area contributed by atoms with Crippen LogP contribution in [0.2, 0.25) is 0 Å². The van der Waals surface area contributed by atoms with Crippen molar-refractivity contribution < 1.29 is 9.84 Å². The minimum Gasteiger partial charge on any atom is -0.392 e. The van der Waals surface area contributed by atoms with Crippen LogP contribution in [0, 0.1) is 11.3 Å². The van der Waals surface area contributed by atoms with E-state index in [2.05, 4.69) is 13.8 Å². The van der Waals surface area contributed by atoms with E-state index in [0.29, 0.717) is 6.10 Å². The van der Waals surface area contributed by atoms with E-state index in [1.165, 1.54) is 32.1 Å². The number of aliphatic hydroxyl groups excluding tert-OH is 1. The quantitative estimate of drug-likeness (QED) is 0.798. The molecular weight excluding hydrogens is 200 g/mol. The molecule has 0 amide bonds. The molecule has 2 rings (SSSR count). The standard InChI is InChI=1S/C14H26O2/c1-3-14(2)12(15)9-13(14)16-10-11-7-5-4-6-8-11/h11-13,15H,3-10H2,1-2H3. The Labute approximate surface area is 99.4 Å². The second-order valence-electron chi connectivity index (χ2n) is 5.94. The van der Waals surface area contributed by atoms with Gasteiger partial charge in [-0.05, 0) is 25.2 Å². The van der Waals surface area contributed by atoms with E-state index >= 15 is 0 Å². The summed E-state index contributed by atoms with van der Waals surface area (Å²) in [5, 5.41) is 9.79. The SMILES string of the molecule is CCC1(C)C(O)CC1OCC1CCCCC1. The molecule has 0 aliphatic heterocycles. The van der Waals surface area contributed by atoms with Gasteiger partial charge in [0.15, 0.2) is 0 Å². The molecule has 0 saturated heterocycles. The molecule has 2 nitrogen and oxygen atoms in total. The van der Waals surface area contributed by atoms with Crippen molar-refractivity contribution in [3.8, 4) is 0 Å². The van der Waals surface area contributed by atoms with Crippen molar-refractivity contribution in [2.45, 2.75) is 71.0 Å². The molecule has 0 bridgehead atoms. The van der Waals surface area contributed by atoms with Gasteiger partial charge in [-0.2, -0.15) is 0 Å². The minimum absolute atomic E-state index is 0.0225. The molecule has 0 spiro atoms. The largest absolute Gasteiger partial charge is 0.392 e. The van der Waals surface area contributed by atoms with E-state index < -0.39 is 0 Å². The van der Waals surface area contributed by atoms with E-state index in [4.69, 9.17) is 4.74 Å². The number of hydrogen-bond donors (Lipinski definition) is 1. The molecule has 16 heavy (non-hydrogen) atoms. The third-order valence-corrected chi connectivity index (χ3v) is 4.95. The fourth-order valence-electron chi connectivity index (χ4n) is 3.12. The fourth-order valence-corrected chi connectivity index (χ4v) is 3.12. The lowest BCUT2D eigenvalue weighted by Crippen LogP contribution is -2.56. The van der Waals surface area contributed by atoms with Gasteiger partial charge in [0, 0.05) is 18.4 Å². The molecule has 2 aliphatic carbocycles. The molecule has 3 unspecified atom stereocenters. The Hall–Kier alpha value is -0.0800. The van der Waals surface area contributed by atoms with Crippen LogP contribution in [-0.2, 0) is 4.74 Å². The maximum Gasteiger partial charge on any atom is 0.0678 e. The van der Waals surface area contributed by atoms with Gasteiger partial charge in [-0.15, -0.1) is 0 Å². The van der Waals surface area contributed by atoms with Gasteiger partial charge in [-0.3, -0.25) is 0 Å². The first-order valence-corrected chi connectivity index (χ1v) is 6.96. The molecule has 0 radical (unpaired) electrons. The van der Waals surface area contributed by atoms with Crippen LogP contribution in [0.15, 0.2) is 0 Å². The summed E-state index contributed by atoms with van der Waals surface area (Å²) in [6.07, 6.45) is 8.88. The van der Waals surface area contributed by atoms with Gasteiger partial charge in [0.25, 0.3) is 0 Å². The highest BCUT2D eigenvalue weighted by Gasteiger charge is 2.50. The van der Waals surface area contributed by atoms with Crippen LogP contribution >= 0.6 is 0 Å².